The number of halogens is 1. The molecule has 0 aliphatic carbocycles. The summed E-state index contributed by atoms with van der Waals surface area (Å²) in [6.07, 6.45) is -2.33. The minimum absolute atomic E-state index is 0. The summed E-state index contributed by atoms with van der Waals surface area (Å²) in [5.74, 6) is -1.17. The Morgan fingerprint density at radius 3 is 2.00 bits per heavy atom. The number of carboxylic acid groups (broad SMARTS) is 2. The van der Waals surface area contributed by atoms with Crippen LogP contribution in [-0.2, 0) is 4.74 Å². The van der Waals surface area contributed by atoms with Crippen LogP contribution in [-0.4, -0.2) is 19.2 Å². The zero-order chi connectivity index (χ0) is 12.7. The fraction of sp³-hybridized carbons (Fsp3) is 0.200. The Hall–Kier alpha value is 1.99. The van der Waals surface area contributed by atoms with Gasteiger partial charge in [-0.05, 0) is 24.7 Å². The quantitative estimate of drug-likeness (QED) is 0.363. The van der Waals surface area contributed by atoms with E-state index in [1.54, 1.807) is 19.1 Å². The molecule has 0 unspecified atom stereocenters. The standard InChI is InChI=1S/C9H9FO2.CH2O3.2Cs/c1-6-4-3-5-7(10)8(6)9(11)12-2;2-1(3)4;;/h3-5H,1-2H3;(H2,2,3,4);;/q;;2*+1/p-2. The van der Waals surface area contributed by atoms with Crippen LogP contribution in [0.25, 0.3) is 0 Å². The van der Waals surface area contributed by atoms with Gasteiger partial charge in [0.2, 0.25) is 0 Å². The average molecular weight is 494 g/mol. The van der Waals surface area contributed by atoms with Gasteiger partial charge < -0.3 is 19.7 Å². The van der Waals surface area contributed by atoms with Crippen molar-refractivity contribution in [1.29, 1.82) is 0 Å². The van der Waals surface area contributed by atoms with Crippen LogP contribution in [0, 0.1) is 12.7 Å². The van der Waals surface area contributed by atoms with Gasteiger partial charge in [-0.25, -0.2) is 9.18 Å². The van der Waals surface area contributed by atoms with Crippen LogP contribution in [0.1, 0.15) is 15.9 Å². The van der Waals surface area contributed by atoms with Gasteiger partial charge in [0.15, 0.2) is 0 Å². The fourth-order valence-electron chi connectivity index (χ4n) is 0.993. The molecule has 0 heterocycles. The Labute approximate surface area is 222 Å². The van der Waals surface area contributed by atoms with Crippen molar-refractivity contribution in [2.24, 2.45) is 0 Å². The zero-order valence-corrected chi connectivity index (χ0v) is 23.2. The van der Waals surface area contributed by atoms with Gasteiger partial charge in [0.05, 0.1) is 12.7 Å². The van der Waals surface area contributed by atoms with Gasteiger partial charge in [0.25, 0.3) is 0 Å². The van der Waals surface area contributed by atoms with Crippen molar-refractivity contribution >= 4 is 12.1 Å². The molecule has 0 saturated carbocycles. The molecule has 0 atom stereocenters. The minimum atomic E-state index is -2.33. The number of aryl methyl sites for hydroxylation is 1. The molecule has 0 aliphatic rings. The first-order chi connectivity index (χ1) is 7.40. The molecule has 0 N–H and O–H groups in total. The molecule has 0 amide bonds. The van der Waals surface area contributed by atoms with Crippen molar-refractivity contribution in [2.75, 3.05) is 7.11 Å². The van der Waals surface area contributed by atoms with Crippen molar-refractivity contribution in [1.82, 2.24) is 0 Å². The minimum Gasteiger partial charge on any atom is -0.652 e. The van der Waals surface area contributed by atoms with Gasteiger partial charge in [-0.2, -0.15) is 0 Å². The normalized spacial score (nSPS) is 7.72. The molecule has 18 heavy (non-hydrogen) atoms. The van der Waals surface area contributed by atoms with Crippen LogP contribution in [0.3, 0.4) is 0 Å². The number of methoxy groups -OCH3 is 1. The summed E-state index contributed by atoms with van der Waals surface area (Å²) < 4.78 is 17.4. The molecule has 0 aliphatic heterocycles. The van der Waals surface area contributed by atoms with E-state index in [-0.39, 0.29) is 143 Å². The number of benzene rings is 1. The summed E-state index contributed by atoms with van der Waals surface area (Å²) >= 11 is 0. The molecule has 1 rings (SSSR count). The Balaban J connectivity index is -0.000000332. The number of rotatable bonds is 1. The van der Waals surface area contributed by atoms with Crippen LogP contribution in [0.15, 0.2) is 18.2 Å². The van der Waals surface area contributed by atoms with E-state index in [1.807, 2.05) is 0 Å². The van der Waals surface area contributed by atoms with Crippen molar-refractivity contribution in [3.63, 3.8) is 0 Å². The Morgan fingerprint density at radius 1 is 1.22 bits per heavy atom. The van der Waals surface area contributed by atoms with Gasteiger partial charge >= 0.3 is 144 Å². The van der Waals surface area contributed by atoms with Crippen LogP contribution < -0.4 is 148 Å². The zero-order valence-electron chi connectivity index (χ0n) is 10.7. The molecular formula is C10H9Cs2FO5. The van der Waals surface area contributed by atoms with E-state index in [0.29, 0.717) is 5.56 Å². The third-order valence-corrected chi connectivity index (χ3v) is 1.61. The van der Waals surface area contributed by atoms with Gasteiger partial charge in [0.1, 0.15) is 5.82 Å². The second-order valence-electron chi connectivity index (χ2n) is 2.67. The third-order valence-electron chi connectivity index (χ3n) is 1.61. The maximum Gasteiger partial charge on any atom is 1.00 e. The van der Waals surface area contributed by atoms with Crippen LogP contribution >= 0.6 is 0 Å². The number of esters is 1. The number of carbonyl (C=O) groups is 2. The largest absolute Gasteiger partial charge is 1.00 e. The molecular weight excluding hydrogens is 485 g/mol. The summed E-state index contributed by atoms with van der Waals surface area (Å²) in [6.45, 7) is 1.66. The molecule has 5 nitrogen and oxygen atoms in total. The van der Waals surface area contributed by atoms with Gasteiger partial charge in [-0.1, -0.05) is 12.1 Å². The summed E-state index contributed by atoms with van der Waals surface area (Å²) in [4.78, 5) is 19.3. The average Bonchev–Trinajstić information content (AvgIpc) is 2.16. The van der Waals surface area contributed by atoms with E-state index in [4.69, 9.17) is 15.0 Å². The van der Waals surface area contributed by atoms with Crippen molar-refractivity contribution in [3.05, 3.63) is 35.1 Å². The SMILES string of the molecule is COC(=O)c1c(C)cccc1F.O=C([O-])[O-].[Cs+].[Cs+]. The smallest absolute Gasteiger partial charge is 0.652 e. The van der Waals surface area contributed by atoms with E-state index in [2.05, 4.69) is 4.74 Å². The molecule has 0 spiro atoms. The van der Waals surface area contributed by atoms with E-state index < -0.39 is 17.9 Å². The van der Waals surface area contributed by atoms with Crippen molar-refractivity contribution in [3.8, 4) is 0 Å². The first-order valence-corrected chi connectivity index (χ1v) is 4.11. The molecule has 0 radical (unpaired) electrons. The number of hydrogen-bond donors (Lipinski definition) is 0. The number of ether oxygens (including phenoxy) is 1. The first kappa shape index (κ1) is 25.0. The molecule has 0 bridgehead atoms. The Kier molecular flexibility index (Phi) is 19.4. The number of hydrogen-bond acceptors (Lipinski definition) is 5. The van der Waals surface area contributed by atoms with E-state index in [9.17, 15) is 9.18 Å². The number of carbonyl (C=O) groups excluding carboxylic acids is 2. The maximum absolute atomic E-state index is 13.0. The van der Waals surface area contributed by atoms with Crippen LogP contribution in [0.2, 0.25) is 0 Å². The second-order valence-corrected chi connectivity index (χ2v) is 2.67. The Bertz CT molecular complexity index is 374. The molecule has 1 aromatic rings. The molecule has 8 heteroatoms. The first-order valence-electron chi connectivity index (χ1n) is 4.11. The molecule has 1 aromatic carbocycles. The van der Waals surface area contributed by atoms with Crippen LogP contribution in [0.4, 0.5) is 9.18 Å². The van der Waals surface area contributed by atoms with Gasteiger partial charge in [-0.3, -0.25) is 0 Å². The summed E-state index contributed by atoms with van der Waals surface area (Å²) in [5.41, 5.74) is 0.599. The van der Waals surface area contributed by atoms with E-state index >= 15 is 0 Å². The second kappa shape index (κ2) is 14.0. The summed E-state index contributed by atoms with van der Waals surface area (Å²) in [5, 5.41) is 16.7. The van der Waals surface area contributed by atoms with E-state index in [0.717, 1.165) is 0 Å². The van der Waals surface area contributed by atoms with Gasteiger partial charge in [0, 0.05) is 0 Å². The summed E-state index contributed by atoms with van der Waals surface area (Å²) in [6, 6.07) is 4.45. The van der Waals surface area contributed by atoms with E-state index in [1.165, 1.54) is 13.2 Å². The third kappa shape index (κ3) is 10.7. The predicted molar refractivity (Wildman–Crippen MR) is 47.9 cm³/mol. The van der Waals surface area contributed by atoms with Crippen molar-refractivity contribution in [2.45, 2.75) is 6.92 Å². The summed E-state index contributed by atoms with van der Waals surface area (Å²) in [7, 11) is 1.23. The molecule has 0 saturated heterocycles. The Morgan fingerprint density at radius 2 is 1.67 bits per heavy atom. The van der Waals surface area contributed by atoms with Gasteiger partial charge in [-0.15, -0.1) is 0 Å². The van der Waals surface area contributed by atoms with Crippen LogP contribution in [0.5, 0.6) is 0 Å². The van der Waals surface area contributed by atoms with Crippen molar-refractivity contribution < 1.29 is 167 Å². The predicted octanol–water partition coefficient (Wildman–Crippen LogP) is -6.52. The molecule has 0 fully saturated rings. The maximum atomic E-state index is 13.0. The monoisotopic (exact) mass is 494 g/mol. The fourth-order valence-corrected chi connectivity index (χ4v) is 0.993. The molecule has 0 aromatic heterocycles. The topological polar surface area (TPSA) is 89.5 Å². The molecule has 88 valence electrons.